The topological polar surface area (TPSA) is 65.5 Å². The van der Waals surface area contributed by atoms with E-state index >= 15 is 0 Å². The Kier molecular flexibility index (Phi) is 5.16. The molecule has 0 aromatic heterocycles. The first kappa shape index (κ1) is 15.8. The van der Waals surface area contributed by atoms with Crippen LogP contribution in [0, 0.1) is 11.8 Å². The number of hydrogen-bond acceptors (Lipinski definition) is 2. The van der Waals surface area contributed by atoms with Crippen LogP contribution in [0.25, 0.3) is 0 Å². The van der Waals surface area contributed by atoms with E-state index < -0.39 is 0 Å². The Bertz CT molecular complexity index is 576. The first-order valence-corrected chi connectivity index (χ1v) is 8.59. The summed E-state index contributed by atoms with van der Waals surface area (Å²) < 4.78 is 0. The maximum Gasteiger partial charge on any atom is 0.227 e. The fraction of sp³-hybridized carbons (Fsp3) is 0.556. The van der Waals surface area contributed by atoms with Crippen LogP contribution in [0.15, 0.2) is 29.3 Å². The number of rotatable bonds is 6. The highest BCUT2D eigenvalue weighted by Crippen LogP contribution is 2.28. The molecule has 0 saturated heterocycles. The summed E-state index contributed by atoms with van der Waals surface area (Å²) in [5.74, 6) is 2.02. The van der Waals surface area contributed by atoms with E-state index in [1.807, 2.05) is 18.2 Å². The van der Waals surface area contributed by atoms with Gasteiger partial charge in [-0.3, -0.25) is 9.79 Å². The van der Waals surface area contributed by atoms with Crippen molar-refractivity contribution >= 4 is 17.6 Å². The first-order chi connectivity index (χ1) is 11.2. The molecular weight excluding hydrogens is 288 g/mol. The van der Waals surface area contributed by atoms with Crippen LogP contribution in [-0.2, 0) is 11.3 Å². The van der Waals surface area contributed by atoms with E-state index in [1.165, 1.54) is 19.3 Å². The van der Waals surface area contributed by atoms with Gasteiger partial charge >= 0.3 is 0 Å². The molecule has 1 aromatic rings. The number of carbonyl (C=O) groups excluding carboxylic acids is 1. The minimum absolute atomic E-state index is 0.156. The molecule has 0 atom stereocenters. The summed E-state index contributed by atoms with van der Waals surface area (Å²) in [5, 5.41) is 9.69. The summed E-state index contributed by atoms with van der Waals surface area (Å²) in [6.07, 6.45) is 5.88. The maximum atomic E-state index is 12.0. The summed E-state index contributed by atoms with van der Waals surface area (Å²) in [6, 6.07) is 8.01. The van der Waals surface area contributed by atoms with Gasteiger partial charge in [-0.2, -0.15) is 0 Å². The number of benzene rings is 1. The van der Waals surface area contributed by atoms with E-state index in [9.17, 15) is 4.79 Å². The normalized spacial score (nSPS) is 18.2. The van der Waals surface area contributed by atoms with E-state index in [4.69, 9.17) is 0 Å². The Morgan fingerprint density at radius 3 is 2.70 bits per heavy atom. The lowest BCUT2D eigenvalue weighted by Gasteiger charge is -2.24. The molecular formula is C18H26N4O. The Morgan fingerprint density at radius 1 is 1.22 bits per heavy atom. The number of hydrogen-bond donors (Lipinski definition) is 3. The molecule has 0 heterocycles. The number of nitrogens with one attached hydrogen (secondary N) is 3. The minimum atomic E-state index is 0.156. The first-order valence-electron chi connectivity index (χ1n) is 8.59. The van der Waals surface area contributed by atoms with E-state index in [0.717, 1.165) is 42.5 Å². The van der Waals surface area contributed by atoms with Gasteiger partial charge in [0.05, 0.1) is 0 Å². The predicted molar refractivity (Wildman–Crippen MR) is 93.3 cm³/mol. The van der Waals surface area contributed by atoms with Crippen LogP contribution in [0.4, 0.5) is 5.69 Å². The van der Waals surface area contributed by atoms with Gasteiger partial charge < -0.3 is 16.0 Å². The molecule has 0 aliphatic heterocycles. The van der Waals surface area contributed by atoms with Crippen LogP contribution in [0.2, 0.25) is 0 Å². The third kappa shape index (κ3) is 4.71. The van der Waals surface area contributed by atoms with Crippen molar-refractivity contribution in [3.63, 3.8) is 0 Å². The standard InChI is InChI=1S/C18H26N4O/c1-19-18(20-11-13-8-9-13)21-12-14-4-2-7-16(10-14)22-17(23)15-5-3-6-15/h2,4,7,10,13,15H,3,5-6,8-9,11-12H2,1H3,(H,22,23)(H2,19,20,21). The molecule has 1 aromatic carbocycles. The fourth-order valence-electron chi connectivity index (χ4n) is 2.64. The fourth-order valence-corrected chi connectivity index (χ4v) is 2.64. The zero-order valence-electron chi connectivity index (χ0n) is 13.8. The van der Waals surface area contributed by atoms with Crippen molar-refractivity contribution in [2.24, 2.45) is 16.8 Å². The van der Waals surface area contributed by atoms with Gasteiger partial charge in [-0.1, -0.05) is 18.6 Å². The summed E-state index contributed by atoms with van der Waals surface area (Å²) in [5.41, 5.74) is 2.01. The number of nitrogens with zero attached hydrogens (tertiary/aromatic N) is 1. The molecule has 0 unspecified atom stereocenters. The van der Waals surface area contributed by atoms with E-state index in [0.29, 0.717) is 6.54 Å². The van der Waals surface area contributed by atoms with Crippen molar-refractivity contribution in [3.8, 4) is 0 Å². The van der Waals surface area contributed by atoms with Gasteiger partial charge in [0, 0.05) is 31.7 Å². The van der Waals surface area contributed by atoms with Gasteiger partial charge in [-0.05, 0) is 49.3 Å². The van der Waals surface area contributed by atoms with E-state index in [-0.39, 0.29) is 11.8 Å². The molecule has 0 bridgehead atoms. The third-order valence-electron chi connectivity index (χ3n) is 4.61. The van der Waals surface area contributed by atoms with Gasteiger partial charge in [-0.15, -0.1) is 0 Å². The predicted octanol–water partition coefficient (Wildman–Crippen LogP) is 2.50. The lowest BCUT2D eigenvalue weighted by atomic mass is 9.85. The second-order valence-electron chi connectivity index (χ2n) is 6.57. The van der Waals surface area contributed by atoms with Crippen molar-refractivity contribution in [3.05, 3.63) is 29.8 Å². The van der Waals surface area contributed by atoms with Crippen LogP contribution >= 0.6 is 0 Å². The van der Waals surface area contributed by atoms with Crippen molar-refractivity contribution in [1.82, 2.24) is 10.6 Å². The zero-order valence-corrected chi connectivity index (χ0v) is 13.8. The van der Waals surface area contributed by atoms with Crippen molar-refractivity contribution < 1.29 is 4.79 Å². The second-order valence-corrected chi connectivity index (χ2v) is 6.57. The lowest BCUT2D eigenvalue weighted by molar-refractivity contribution is -0.122. The minimum Gasteiger partial charge on any atom is -0.356 e. The highest BCUT2D eigenvalue weighted by atomic mass is 16.1. The summed E-state index contributed by atoms with van der Waals surface area (Å²) in [7, 11) is 1.79. The molecule has 0 spiro atoms. The number of anilines is 1. The van der Waals surface area contributed by atoms with Gasteiger partial charge in [0.1, 0.15) is 0 Å². The van der Waals surface area contributed by atoms with Crippen LogP contribution in [0.5, 0.6) is 0 Å². The molecule has 1 amide bonds. The third-order valence-corrected chi connectivity index (χ3v) is 4.61. The molecule has 23 heavy (non-hydrogen) atoms. The van der Waals surface area contributed by atoms with Crippen molar-refractivity contribution in [1.29, 1.82) is 0 Å². The highest BCUT2D eigenvalue weighted by Gasteiger charge is 2.25. The SMILES string of the molecule is CN=C(NCc1cccc(NC(=O)C2CCC2)c1)NCC1CC1. The lowest BCUT2D eigenvalue weighted by Crippen LogP contribution is -2.37. The van der Waals surface area contributed by atoms with Gasteiger partial charge in [0.15, 0.2) is 5.96 Å². The quantitative estimate of drug-likeness (QED) is 0.558. The van der Waals surface area contributed by atoms with E-state index in [2.05, 4.69) is 27.0 Å². The number of carbonyl (C=O) groups is 1. The summed E-state index contributed by atoms with van der Waals surface area (Å²) in [4.78, 5) is 16.3. The average molecular weight is 314 g/mol. The van der Waals surface area contributed by atoms with Crippen molar-refractivity contribution in [2.45, 2.75) is 38.6 Å². The van der Waals surface area contributed by atoms with Gasteiger partial charge in [-0.25, -0.2) is 0 Å². The van der Waals surface area contributed by atoms with Crippen LogP contribution < -0.4 is 16.0 Å². The Labute approximate surface area is 138 Å². The zero-order chi connectivity index (χ0) is 16.1. The molecule has 0 radical (unpaired) electrons. The average Bonchev–Trinajstić information content (AvgIpc) is 3.30. The molecule has 3 N–H and O–H groups in total. The van der Waals surface area contributed by atoms with Crippen LogP contribution in [0.3, 0.4) is 0 Å². The Hall–Kier alpha value is -2.04. The summed E-state index contributed by atoms with van der Waals surface area (Å²) in [6.45, 7) is 1.69. The van der Waals surface area contributed by atoms with E-state index in [1.54, 1.807) is 7.05 Å². The number of guanidine groups is 1. The molecule has 2 fully saturated rings. The maximum absolute atomic E-state index is 12.0. The molecule has 3 rings (SSSR count). The van der Waals surface area contributed by atoms with Crippen molar-refractivity contribution in [2.75, 3.05) is 18.9 Å². The van der Waals surface area contributed by atoms with Crippen LogP contribution in [-0.4, -0.2) is 25.5 Å². The second kappa shape index (κ2) is 7.49. The molecule has 5 nitrogen and oxygen atoms in total. The van der Waals surface area contributed by atoms with Gasteiger partial charge in [0.25, 0.3) is 0 Å². The highest BCUT2D eigenvalue weighted by molar-refractivity contribution is 5.93. The van der Waals surface area contributed by atoms with Crippen LogP contribution in [0.1, 0.15) is 37.7 Å². The largest absolute Gasteiger partial charge is 0.356 e. The molecule has 124 valence electrons. The molecule has 2 saturated carbocycles. The molecule has 2 aliphatic rings. The summed E-state index contributed by atoms with van der Waals surface area (Å²) >= 11 is 0. The Balaban J connectivity index is 1.48. The number of amides is 1. The Morgan fingerprint density at radius 2 is 2.04 bits per heavy atom. The van der Waals surface area contributed by atoms with Gasteiger partial charge in [0.2, 0.25) is 5.91 Å². The molecule has 5 heteroatoms. The number of aliphatic imine (C=N–C) groups is 1. The molecule has 2 aliphatic carbocycles. The monoisotopic (exact) mass is 314 g/mol. The smallest absolute Gasteiger partial charge is 0.227 e.